The highest BCUT2D eigenvalue weighted by atomic mass is 16.5. The summed E-state index contributed by atoms with van der Waals surface area (Å²) in [6.07, 6.45) is 0. The van der Waals surface area contributed by atoms with Crippen LogP contribution in [0.3, 0.4) is 0 Å². The Morgan fingerprint density at radius 2 is 1.88 bits per heavy atom. The molecule has 0 aliphatic rings. The molecule has 0 aliphatic carbocycles. The molecule has 1 heterocycles. The summed E-state index contributed by atoms with van der Waals surface area (Å²) in [5, 5.41) is 13.4. The molecule has 33 heavy (non-hydrogen) atoms. The number of amides is 1. The maximum absolute atomic E-state index is 12.7. The lowest BCUT2D eigenvalue weighted by atomic mass is 10.0. The van der Waals surface area contributed by atoms with Crippen LogP contribution >= 0.6 is 0 Å². The topological polar surface area (TPSA) is 124 Å². The van der Waals surface area contributed by atoms with E-state index in [1.165, 1.54) is 6.07 Å². The summed E-state index contributed by atoms with van der Waals surface area (Å²) in [5.41, 5.74) is 8.09. The number of hydrogen-bond acceptors (Lipinski definition) is 7. The molecule has 0 bridgehead atoms. The molecule has 0 saturated carbocycles. The molecule has 3 rings (SSSR count). The summed E-state index contributed by atoms with van der Waals surface area (Å²) in [4.78, 5) is 29.6. The number of nitrogens with zero attached hydrogens (tertiary/aromatic N) is 1. The zero-order valence-corrected chi connectivity index (χ0v) is 19.2. The first-order valence-electron chi connectivity index (χ1n) is 10.8. The molecular weight excluding hydrogens is 422 g/mol. The van der Waals surface area contributed by atoms with Gasteiger partial charge in [-0.25, -0.2) is 4.79 Å². The fraction of sp³-hybridized carbons (Fsp3) is 0.320. The van der Waals surface area contributed by atoms with Crippen LogP contribution in [-0.4, -0.2) is 41.2 Å². The number of rotatable bonds is 8. The Morgan fingerprint density at radius 1 is 1.15 bits per heavy atom. The van der Waals surface area contributed by atoms with Gasteiger partial charge in [0.2, 0.25) is 0 Å². The summed E-state index contributed by atoms with van der Waals surface area (Å²) in [6, 6.07) is 11.3. The van der Waals surface area contributed by atoms with Crippen LogP contribution in [0.4, 0.5) is 5.69 Å². The number of fused-ring (bicyclic) bond motifs is 1. The maximum Gasteiger partial charge on any atom is 0.342 e. The van der Waals surface area contributed by atoms with Gasteiger partial charge in [-0.05, 0) is 44.0 Å². The van der Waals surface area contributed by atoms with Crippen molar-refractivity contribution in [2.24, 2.45) is 5.92 Å². The number of phenols is 1. The van der Waals surface area contributed by atoms with Crippen molar-refractivity contribution >= 4 is 28.5 Å². The van der Waals surface area contributed by atoms with Crippen LogP contribution in [0.15, 0.2) is 42.5 Å². The van der Waals surface area contributed by atoms with Crippen LogP contribution < -0.4 is 15.8 Å². The number of nitrogens with one attached hydrogen (secondary N) is 1. The number of esters is 1. The number of nitrogen functional groups attached to an aromatic ring is 1. The van der Waals surface area contributed by atoms with Gasteiger partial charge < -0.3 is 25.6 Å². The smallest absolute Gasteiger partial charge is 0.342 e. The quantitative estimate of drug-likeness (QED) is 0.445. The van der Waals surface area contributed by atoms with Gasteiger partial charge in [-0.2, -0.15) is 0 Å². The van der Waals surface area contributed by atoms with Crippen LogP contribution in [0.2, 0.25) is 0 Å². The lowest BCUT2D eigenvalue weighted by Gasteiger charge is -2.23. The second-order valence-electron chi connectivity index (χ2n) is 8.01. The number of hydrogen-bond donors (Lipinski definition) is 3. The number of pyridine rings is 1. The molecule has 8 heteroatoms. The third-order valence-corrected chi connectivity index (χ3v) is 5.36. The molecule has 0 radical (unpaired) electrons. The first-order chi connectivity index (χ1) is 15.7. The van der Waals surface area contributed by atoms with Crippen molar-refractivity contribution in [3.05, 3.63) is 59.3 Å². The molecule has 8 nitrogen and oxygen atoms in total. The van der Waals surface area contributed by atoms with E-state index in [4.69, 9.17) is 15.2 Å². The predicted molar refractivity (Wildman–Crippen MR) is 127 cm³/mol. The molecule has 2 aromatic carbocycles. The summed E-state index contributed by atoms with van der Waals surface area (Å²) in [6.45, 7) is 7.72. The lowest BCUT2D eigenvalue weighted by molar-refractivity contribution is 0.0526. The second-order valence-corrected chi connectivity index (χ2v) is 8.01. The van der Waals surface area contributed by atoms with Crippen molar-refractivity contribution in [1.29, 1.82) is 0 Å². The molecule has 4 N–H and O–H groups in total. The Morgan fingerprint density at radius 3 is 2.55 bits per heavy atom. The minimum Gasteiger partial charge on any atom is -0.507 e. The van der Waals surface area contributed by atoms with E-state index < -0.39 is 11.9 Å². The lowest BCUT2D eigenvalue weighted by Crippen LogP contribution is -2.42. The normalized spacial score (nSPS) is 11.9. The Balaban J connectivity index is 1.88. The van der Waals surface area contributed by atoms with Gasteiger partial charge >= 0.3 is 5.97 Å². The zero-order chi connectivity index (χ0) is 24.1. The third kappa shape index (κ3) is 5.16. The standard InChI is InChI=1S/C25H29N3O5/c1-5-32-25(31)21-15(4)27-17-10-8-12-20(22(17)23(21)26)33-13-18(14(2)3)28-24(30)16-9-6-7-11-19(16)29/h6-12,14,18,29H,5,13H2,1-4H3,(H2,26,27)(H,28,30). The van der Waals surface area contributed by atoms with Crippen LogP contribution in [0, 0.1) is 12.8 Å². The van der Waals surface area contributed by atoms with Crippen LogP contribution in [0.5, 0.6) is 11.5 Å². The largest absolute Gasteiger partial charge is 0.507 e. The van der Waals surface area contributed by atoms with Crippen molar-refractivity contribution in [1.82, 2.24) is 10.3 Å². The molecule has 3 aromatic rings. The first-order valence-corrected chi connectivity index (χ1v) is 10.8. The highest BCUT2D eigenvalue weighted by Gasteiger charge is 2.23. The van der Waals surface area contributed by atoms with E-state index in [1.54, 1.807) is 50.2 Å². The van der Waals surface area contributed by atoms with E-state index in [0.717, 1.165) is 0 Å². The number of aryl methyl sites for hydroxylation is 1. The zero-order valence-electron chi connectivity index (χ0n) is 19.2. The molecule has 0 saturated heterocycles. The fourth-order valence-corrected chi connectivity index (χ4v) is 3.51. The van der Waals surface area contributed by atoms with Gasteiger partial charge in [0.1, 0.15) is 23.7 Å². The number of nitrogens with two attached hydrogens (primary N) is 1. The fourth-order valence-electron chi connectivity index (χ4n) is 3.51. The molecule has 1 amide bonds. The van der Waals surface area contributed by atoms with Crippen LogP contribution in [0.25, 0.3) is 10.9 Å². The first kappa shape index (κ1) is 23.8. The van der Waals surface area contributed by atoms with Crippen molar-refractivity contribution < 1.29 is 24.2 Å². The van der Waals surface area contributed by atoms with Gasteiger partial charge in [-0.3, -0.25) is 9.78 Å². The van der Waals surface area contributed by atoms with E-state index >= 15 is 0 Å². The molecule has 174 valence electrons. The summed E-state index contributed by atoms with van der Waals surface area (Å²) in [7, 11) is 0. The minimum absolute atomic E-state index is 0.0441. The number of phenolic OH excluding ortho intramolecular Hbond substituents is 1. The number of carbonyl (C=O) groups is 2. The van der Waals surface area contributed by atoms with E-state index in [1.807, 2.05) is 13.8 Å². The third-order valence-electron chi connectivity index (χ3n) is 5.36. The highest BCUT2D eigenvalue weighted by molar-refractivity contribution is 6.07. The SMILES string of the molecule is CCOC(=O)c1c(C)nc2cccc(OCC(NC(=O)c3ccccc3O)C(C)C)c2c1N. The molecule has 0 fully saturated rings. The number of carbonyl (C=O) groups excluding carboxylic acids is 2. The van der Waals surface area contributed by atoms with Gasteiger partial charge in [0.25, 0.3) is 5.91 Å². The maximum atomic E-state index is 12.7. The van der Waals surface area contributed by atoms with Gasteiger partial charge in [-0.1, -0.05) is 32.0 Å². The van der Waals surface area contributed by atoms with E-state index in [9.17, 15) is 14.7 Å². The molecule has 0 aliphatic heterocycles. The molecule has 1 atom stereocenters. The second kappa shape index (κ2) is 10.2. The van der Waals surface area contributed by atoms with Crippen molar-refractivity contribution in [2.75, 3.05) is 18.9 Å². The Kier molecular flexibility index (Phi) is 7.37. The molecule has 1 aromatic heterocycles. The number of anilines is 1. The number of para-hydroxylation sites is 1. The predicted octanol–water partition coefficient (Wildman–Crippen LogP) is 3.84. The van der Waals surface area contributed by atoms with Crippen molar-refractivity contribution in [3.8, 4) is 11.5 Å². The van der Waals surface area contributed by atoms with Crippen LogP contribution in [-0.2, 0) is 4.74 Å². The van der Waals surface area contributed by atoms with E-state index in [-0.39, 0.29) is 47.7 Å². The molecular formula is C25H29N3O5. The number of benzene rings is 2. The number of ether oxygens (including phenoxy) is 2. The van der Waals surface area contributed by atoms with Gasteiger partial charge in [0, 0.05) is 0 Å². The summed E-state index contributed by atoms with van der Waals surface area (Å²) >= 11 is 0. The van der Waals surface area contributed by atoms with Crippen LogP contribution in [0.1, 0.15) is 47.2 Å². The van der Waals surface area contributed by atoms with E-state index in [0.29, 0.717) is 22.3 Å². The monoisotopic (exact) mass is 451 g/mol. The Hall–Kier alpha value is -3.81. The Bertz CT molecular complexity index is 1180. The van der Waals surface area contributed by atoms with Crippen molar-refractivity contribution in [3.63, 3.8) is 0 Å². The number of aromatic hydroxyl groups is 1. The molecule has 0 spiro atoms. The number of aromatic nitrogens is 1. The Labute approximate surface area is 192 Å². The summed E-state index contributed by atoms with van der Waals surface area (Å²) in [5.74, 6) is -0.525. The molecule has 1 unspecified atom stereocenters. The highest BCUT2D eigenvalue weighted by Crippen LogP contribution is 2.34. The van der Waals surface area contributed by atoms with Gasteiger partial charge in [-0.15, -0.1) is 0 Å². The van der Waals surface area contributed by atoms with Gasteiger partial charge in [0.05, 0.1) is 40.5 Å². The van der Waals surface area contributed by atoms with Gasteiger partial charge in [0.15, 0.2) is 0 Å². The average molecular weight is 452 g/mol. The minimum atomic E-state index is -0.535. The van der Waals surface area contributed by atoms with E-state index in [2.05, 4.69) is 10.3 Å². The summed E-state index contributed by atoms with van der Waals surface area (Å²) < 4.78 is 11.2. The average Bonchev–Trinajstić information content (AvgIpc) is 2.76. The van der Waals surface area contributed by atoms with Crippen molar-refractivity contribution in [2.45, 2.75) is 33.7 Å².